The molecular weight excluding hydrogens is 574 g/mol. The first kappa shape index (κ1) is 31.8. The maximum Gasteiger partial charge on any atom is 0.229 e. The molecule has 228 valence electrons. The van der Waals surface area contributed by atoms with Crippen LogP contribution in [0.2, 0.25) is 5.02 Å². The van der Waals surface area contributed by atoms with E-state index >= 15 is 0 Å². The topological polar surface area (TPSA) is 103 Å². The summed E-state index contributed by atoms with van der Waals surface area (Å²) in [6.45, 7) is 13.3. The van der Waals surface area contributed by atoms with Gasteiger partial charge >= 0.3 is 0 Å². The second-order valence-electron chi connectivity index (χ2n) is 11.2. The maximum atomic E-state index is 12.9. The molecule has 0 atom stereocenters. The molecule has 10 nitrogen and oxygen atoms in total. The largest absolute Gasteiger partial charge is 0.489 e. The number of hydrogen-bond acceptors (Lipinski definition) is 10. The van der Waals surface area contributed by atoms with E-state index < -0.39 is 15.1 Å². The maximum absolute atomic E-state index is 12.9. The number of anilines is 5. The molecule has 1 fully saturated rings. The molecule has 0 saturated carbocycles. The van der Waals surface area contributed by atoms with Crippen LogP contribution >= 0.6 is 11.6 Å². The number of ether oxygens (including phenoxy) is 1. The van der Waals surface area contributed by atoms with Gasteiger partial charge in [0.1, 0.15) is 10.8 Å². The summed E-state index contributed by atoms with van der Waals surface area (Å²) >= 11 is 6.43. The molecule has 0 unspecified atom stereocenters. The lowest BCUT2D eigenvalue weighted by Crippen LogP contribution is -2.48. The number of piperazine rings is 1. The molecule has 1 aromatic heterocycles. The number of nitrogens with one attached hydrogen (secondary N) is 2. The van der Waals surface area contributed by atoms with E-state index in [0.717, 1.165) is 45.0 Å². The van der Waals surface area contributed by atoms with Crippen LogP contribution in [0.4, 0.5) is 28.8 Å². The van der Waals surface area contributed by atoms with Crippen LogP contribution in [0.15, 0.2) is 53.6 Å². The van der Waals surface area contributed by atoms with Gasteiger partial charge < -0.3 is 25.2 Å². The Morgan fingerprint density at radius 3 is 2.38 bits per heavy atom. The highest BCUT2D eigenvalue weighted by molar-refractivity contribution is 7.92. The van der Waals surface area contributed by atoms with Crippen molar-refractivity contribution in [1.29, 1.82) is 0 Å². The summed E-state index contributed by atoms with van der Waals surface area (Å²) in [4.78, 5) is 16.2. The summed E-state index contributed by atoms with van der Waals surface area (Å²) < 4.78 is 32.1. The predicted molar refractivity (Wildman–Crippen MR) is 172 cm³/mol. The molecule has 0 radical (unpaired) electrons. The third kappa shape index (κ3) is 8.03. The fourth-order valence-electron chi connectivity index (χ4n) is 4.57. The molecule has 1 saturated heterocycles. The Morgan fingerprint density at radius 2 is 1.71 bits per heavy atom. The van der Waals surface area contributed by atoms with Crippen LogP contribution in [-0.2, 0) is 9.84 Å². The van der Waals surface area contributed by atoms with Gasteiger partial charge in [-0.25, -0.2) is 13.4 Å². The summed E-state index contributed by atoms with van der Waals surface area (Å²) in [6, 6.07) is 12.8. The molecule has 42 heavy (non-hydrogen) atoms. The molecule has 4 rings (SSSR count). The van der Waals surface area contributed by atoms with Gasteiger partial charge in [0, 0.05) is 51.0 Å². The van der Waals surface area contributed by atoms with Crippen molar-refractivity contribution in [3.05, 3.63) is 53.7 Å². The molecule has 2 heterocycles. The van der Waals surface area contributed by atoms with E-state index in [0.29, 0.717) is 23.1 Å². The number of halogens is 1. The number of rotatable bonds is 12. The summed E-state index contributed by atoms with van der Waals surface area (Å²) in [5.41, 5.74) is 2.21. The van der Waals surface area contributed by atoms with Crippen LogP contribution in [0, 0.1) is 0 Å². The highest BCUT2D eigenvalue weighted by Gasteiger charge is 2.23. The second-order valence-corrected chi connectivity index (χ2v) is 14.1. The lowest BCUT2D eigenvalue weighted by molar-refractivity contribution is 0.229. The number of nitrogens with zero attached hydrogens (tertiary/aromatic N) is 5. The molecule has 0 aliphatic carbocycles. The van der Waals surface area contributed by atoms with Crippen LogP contribution in [-0.4, -0.2) is 92.9 Å². The number of hydrogen-bond donors (Lipinski definition) is 2. The van der Waals surface area contributed by atoms with E-state index in [-0.39, 0.29) is 21.8 Å². The number of aromatic nitrogens is 2. The highest BCUT2D eigenvalue weighted by Crippen LogP contribution is 2.34. The first-order valence-electron chi connectivity index (χ1n) is 14.3. The molecule has 0 amide bonds. The minimum atomic E-state index is -3.53. The van der Waals surface area contributed by atoms with Crippen molar-refractivity contribution >= 4 is 50.3 Å². The Hall–Kier alpha value is -3.12. The van der Waals surface area contributed by atoms with Crippen molar-refractivity contribution in [3.8, 4) is 5.75 Å². The summed E-state index contributed by atoms with van der Waals surface area (Å²) in [5.74, 6) is 1.27. The van der Waals surface area contributed by atoms with Gasteiger partial charge in [-0.3, -0.25) is 4.90 Å². The number of sulfone groups is 1. The van der Waals surface area contributed by atoms with Gasteiger partial charge in [0.25, 0.3) is 0 Å². The molecule has 0 bridgehead atoms. The Bertz CT molecular complexity index is 1460. The second kappa shape index (κ2) is 13.9. The molecule has 0 spiro atoms. The van der Waals surface area contributed by atoms with Gasteiger partial charge in [0.15, 0.2) is 15.7 Å². The van der Waals surface area contributed by atoms with Crippen molar-refractivity contribution in [2.75, 3.05) is 68.9 Å². The molecule has 1 aliphatic heterocycles. The van der Waals surface area contributed by atoms with Crippen molar-refractivity contribution in [3.63, 3.8) is 0 Å². The lowest BCUT2D eigenvalue weighted by atomic mass is 10.2. The van der Waals surface area contributed by atoms with E-state index in [1.807, 2.05) is 19.9 Å². The van der Waals surface area contributed by atoms with E-state index in [9.17, 15) is 8.42 Å². The quantitative estimate of drug-likeness (QED) is 0.280. The first-order valence-corrected chi connectivity index (χ1v) is 16.2. The highest BCUT2D eigenvalue weighted by atomic mass is 35.5. The SMILES string of the molecule is CC(C)Oc1cc(N2CCN(CCN(C)C)CC2)ccc1Nc1ncc(Cl)c(Nc2ccccc2S(=O)(=O)C(C)C)n1. The molecule has 2 aromatic carbocycles. The Balaban J connectivity index is 1.54. The Labute approximate surface area is 255 Å². The van der Waals surface area contributed by atoms with E-state index in [1.165, 1.54) is 6.20 Å². The minimum Gasteiger partial charge on any atom is -0.489 e. The number of likely N-dealkylation sites (N-methyl/N-ethyl adjacent to an activating group) is 1. The van der Waals surface area contributed by atoms with E-state index in [2.05, 4.69) is 61.5 Å². The smallest absolute Gasteiger partial charge is 0.229 e. The van der Waals surface area contributed by atoms with Gasteiger partial charge in [-0.05, 0) is 66.1 Å². The fourth-order valence-corrected chi connectivity index (χ4v) is 5.91. The number of benzene rings is 2. The monoisotopic (exact) mass is 615 g/mol. The minimum absolute atomic E-state index is 0.0357. The molecular formula is C30H42ClN7O3S. The van der Waals surface area contributed by atoms with Crippen molar-refractivity contribution in [2.24, 2.45) is 0 Å². The van der Waals surface area contributed by atoms with Crippen LogP contribution in [0.25, 0.3) is 0 Å². The van der Waals surface area contributed by atoms with Crippen molar-refractivity contribution < 1.29 is 13.2 Å². The third-order valence-electron chi connectivity index (χ3n) is 6.99. The average molecular weight is 616 g/mol. The predicted octanol–water partition coefficient (Wildman–Crippen LogP) is 5.27. The van der Waals surface area contributed by atoms with Gasteiger partial charge in [-0.1, -0.05) is 23.7 Å². The number of para-hydroxylation sites is 1. The summed E-state index contributed by atoms with van der Waals surface area (Å²) in [6.07, 6.45) is 1.44. The van der Waals surface area contributed by atoms with Gasteiger partial charge in [-0.15, -0.1) is 0 Å². The fraction of sp³-hybridized carbons (Fsp3) is 0.467. The van der Waals surface area contributed by atoms with Crippen molar-refractivity contribution in [1.82, 2.24) is 19.8 Å². The summed E-state index contributed by atoms with van der Waals surface area (Å²) in [5, 5.41) is 6.05. The zero-order valence-corrected chi connectivity index (χ0v) is 26.8. The zero-order valence-electron chi connectivity index (χ0n) is 25.3. The van der Waals surface area contributed by atoms with Crippen molar-refractivity contribution in [2.45, 2.75) is 43.9 Å². The van der Waals surface area contributed by atoms with Crippen LogP contribution in [0.5, 0.6) is 5.75 Å². The Kier molecular flexibility index (Phi) is 10.5. The van der Waals surface area contributed by atoms with Crippen LogP contribution in [0.1, 0.15) is 27.7 Å². The average Bonchev–Trinajstić information content (AvgIpc) is 2.94. The van der Waals surface area contributed by atoms with Crippen LogP contribution in [0.3, 0.4) is 0 Å². The third-order valence-corrected chi connectivity index (χ3v) is 9.47. The zero-order chi connectivity index (χ0) is 30.4. The first-order chi connectivity index (χ1) is 19.9. The van der Waals surface area contributed by atoms with Gasteiger partial charge in [-0.2, -0.15) is 4.98 Å². The van der Waals surface area contributed by atoms with Crippen LogP contribution < -0.4 is 20.3 Å². The molecule has 1 aliphatic rings. The Morgan fingerprint density at radius 1 is 1.00 bits per heavy atom. The normalized spacial score (nSPS) is 14.6. The molecule has 2 N–H and O–H groups in total. The lowest BCUT2D eigenvalue weighted by Gasteiger charge is -2.36. The van der Waals surface area contributed by atoms with Gasteiger partial charge in [0.2, 0.25) is 5.95 Å². The molecule has 12 heteroatoms. The summed E-state index contributed by atoms with van der Waals surface area (Å²) in [7, 11) is 0.681. The molecule has 3 aromatic rings. The van der Waals surface area contributed by atoms with E-state index in [4.69, 9.17) is 16.3 Å². The standard InChI is InChI=1S/C30H42ClN7O3S/c1-21(2)41-27-19-23(38-17-15-37(16-18-38)14-13-36(5)6)11-12-25(27)34-30-32-20-24(31)29(35-30)33-26-9-7-8-10-28(26)42(39,40)22(3)4/h7-12,19-22H,13-18H2,1-6H3,(H2,32,33,34,35). The van der Waals surface area contributed by atoms with E-state index in [1.54, 1.807) is 38.1 Å². The van der Waals surface area contributed by atoms with Gasteiger partial charge in [0.05, 0.1) is 33.8 Å².